The molecule has 0 N–H and O–H groups in total. The summed E-state index contributed by atoms with van der Waals surface area (Å²) in [7, 11) is 0. The van der Waals surface area contributed by atoms with Crippen molar-refractivity contribution in [3.05, 3.63) is 103 Å². The van der Waals surface area contributed by atoms with E-state index in [-0.39, 0.29) is 0 Å². The molecule has 1 nitrogen and oxygen atoms in total. The summed E-state index contributed by atoms with van der Waals surface area (Å²) in [6.07, 6.45) is 4.06. The molecule has 0 aliphatic rings. The number of rotatable bonds is 1. The van der Waals surface area contributed by atoms with Gasteiger partial charge in [-0.1, -0.05) is 54.6 Å². The van der Waals surface area contributed by atoms with E-state index >= 15 is 0 Å². The van der Waals surface area contributed by atoms with Crippen LogP contribution in [0.5, 0.6) is 0 Å². The van der Waals surface area contributed by atoms with Gasteiger partial charge in [-0.3, -0.25) is 4.98 Å². The van der Waals surface area contributed by atoms with Gasteiger partial charge in [0.25, 0.3) is 0 Å². The van der Waals surface area contributed by atoms with Crippen LogP contribution in [0.25, 0.3) is 73.0 Å². The van der Waals surface area contributed by atoms with Crippen molar-refractivity contribution >= 4 is 84.6 Å². The average molecular weight is 482 g/mol. The third-order valence-electron chi connectivity index (χ3n) is 7.24. The molecule has 164 valence electrons. The van der Waals surface area contributed by atoms with Crippen LogP contribution in [0.4, 0.5) is 0 Å². The van der Waals surface area contributed by atoms with Gasteiger partial charge in [-0.05, 0) is 64.5 Å². The van der Waals surface area contributed by atoms with E-state index in [1.54, 1.807) is 0 Å². The fourth-order valence-corrected chi connectivity index (χ4v) is 8.03. The highest BCUT2D eigenvalue weighted by Gasteiger charge is 2.17. The summed E-state index contributed by atoms with van der Waals surface area (Å²) in [5, 5.41) is 10.5. The van der Waals surface area contributed by atoms with Crippen LogP contribution in [0.2, 0.25) is 0 Å². The molecule has 3 aromatic heterocycles. The summed E-state index contributed by atoms with van der Waals surface area (Å²) < 4.78 is 5.37. The third-order valence-corrected chi connectivity index (χ3v) is 9.59. The van der Waals surface area contributed by atoms with Crippen LogP contribution in [0.3, 0.4) is 0 Å². The molecule has 5 aromatic carbocycles. The van der Waals surface area contributed by atoms with Crippen molar-refractivity contribution in [2.24, 2.45) is 0 Å². The summed E-state index contributed by atoms with van der Waals surface area (Å²) in [4.78, 5) is 4.64. The van der Waals surface area contributed by atoms with Gasteiger partial charge < -0.3 is 0 Å². The SMILES string of the molecule is Cc1cncc2c(-c3cccc4c3sc3ccccc34)cc3cc4sc5ccccc5c4cc3c12. The first-order valence-corrected chi connectivity index (χ1v) is 13.4. The molecule has 0 saturated heterocycles. The van der Waals surface area contributed by atoms with E-state index in [0.29, 0.717) is 0 Å². The second kappa shape index (κ2) is 7.11. The predicted octanol–water partition coefficient (Wildman–Crippen LogP) is 10.1. The van der Waals surface area contributed by atoms with E-state index in [1.165, 1.54) is 78.6 Å². The fourth-order valence-electron chi connectivity index (χ4n) is 5.67. The molecule has 0 fully saturated rings. The lowest BCUT2D eigenvalue weighted by Gasteiger charge is -2.14. The lowest BCUT2D eigenvalue weighted by molar-refractivity contribution is 1.31. The second-order valence-corrected chi connectivity index (χ2v) is 11.4. The highest BCUT2D eigenvalue weighted by Crippen LogP contribution is 2.45. The van der Waals surface area contributed by atoms with Crippen LogP contribution in [-0.2, 0) is 0 Å². The van der Waals surface area contributed by atoms with Crippen LogP contribution >= 0.6 is 22.7 Å². The maximum absolute atomic E-state index is 4.64. The Morgan fingerprint density at radius 2 is 1.29 bits per heavy atom. The van der Waals surface area contributed by atoms with Crippen molar-refractivity contribution in [1.29, 1.82) is 0 Å². The first-order chi connectivity index (χ1) is 17.3. The van der Waals surface area contributed by atoms with Crippen LogP contribution < -0.4 is 0 Å². The number of aryl methyl sites for hydroxylation is 1. The molecule has 0 aliphatic heterocycles. The molecule has 8 rings (SSSR count). The van der Waals surface area contributed by atoms with Gasteiger partial charge >= 0.3 is 0 Å². The zero-order chi connectivity index (χ0) is 23.1. The van der Waals surface area contributed by atoms with E-state index in [2.05, 4.69) is 103 Å². The van der Waals surface area contributed by atoms with Crippen molar-refractivity contribution < 1.29 is 0 Å². The number of hydrogen-bond acceptors (Lipinski definition) is 3. The molecule has 35 heavy (non-hydrogen) atoms. The molecular formula is C32H19NS2. The Bertz CT molecular complexity index is 2130. The quantitative estimate of drug-likeness (QED) is 0.213. The lowest BCUT2D eigenvalue weighted by atomic mass is 9.91. The fraction of sp³-hybridized carbons (Fsp3) is 0.0312. The van der Waals surface area contributed by atoms with Crippen LogP contribution in [0, 0.1) is 6.92 Å². The predicted molar refractivity (Wildman–Crippen MR) is 155 cm³/mol. The number of benzene rings is 5. The molecule has 0 bridgehead atoms. The van der Waals surface area contributed by atoms with Crippen molar-refractivity contribution in [2.45, 2.75) is 6.92 Å². The number of nitrogens with zero attached hydrogens (tertiary/aromatic N) is 1. The van der Waals surface area contributed by atoms with Crippen LogP contribution in [-0.4, -0.2) is 4.98 Å². The van der Waals surface area contributed by atoms with Gasteiger partial charge in [-0.2, -0.15) is 0 Å². The smallest absolute Gasteiger partial charge is 0.0434 e. The Hall–Kier alpha value is -3.79. The summed E-state index contributed by atoms with van der Waals surface area (Å²) in [6.45, 7) is 2.19. The molecule has 8 aromatic rings. The first kappa shape index (κ1) is 19.5. The normalized spacial score (nSPS) is 12.1. The number of thiophene rings is 2. The molecule has 0 aliphatic carbocycles. The van der Waals surface area contributed by atoms with Gasteiger partial charge in [-0.15, -0.1) is 22.7 Å². The molecular weight excluding hydrogens is 462 g/mol. The Balaban J connectivity index is 1.55. The molecule has 0 amide bonds. The van der Waals surface area contributed by atoms with Gasteiger partial charge in [0, 0.05) is 63.7 Å². The number of hydrogen-bond donors (Lipinski definition) is 0. The Labute approximate surface area is 209 Å². The maximum atomic E-state index is 4.64. The maximum Gasteiger partial charge on any atom is 0.0434 e. The number of aromatic nitrogens is 1. The Kier molecular flexibility index (Phi) is 3.96. The topological polar surface area (TPSA) is 12.9 Å². The van der Waals surface area contributed by atoms with Crippen molar-refractivity contribution in [1.82, 2.24) is 4.98 Å². The highest BCUT2D eigenvalue weighted by molar-refractivity contribution is 7.26. The minimum Gasteiger partial charge on any atom is -0.264 e. The molecule has 0 atom stereocenters. The van der Waals surface area contributed by atoms with Gasteiger partial charge in [0.2, 0.25) is 0 Å². The van der Waals surface area contributed by atoms with Crippen molar-refractivity contribution in [2.75, 3.05) is 0 Å². The minimum absolute atomic E-state index is 1.22. The summed E-state index contributed by atoms with van der Waals surface area (Å²) >= 11 is 3.77. The monoisotopic (exact) mass is 481 g/mol. The third kappa shape index (κ3) is 2.71. The standard InChI is InChI=1S/C32H19NS2/c1-18-16-33-17-27-25(23-10-6-9-22-20-7-2-5-12-29(20)35-32(22)23)13-19-14-30-26(15-24(19)31(18)27)21-8-3-4-11-28(21)34-30/h2-17H,1H3. The Morgan fingerprint density at radius 3 is 2.14 bits per heavy atom. The summed E-state index contributed by atoms with van der Waals surface area (Å²) in [6, 6.07) is 31.4. The van der Waals surface area contributed by atoms with E-state index in [1.807, 2.05) is 28.9 Å². The molecule has 0 radical (unpaired) electrons. The summed E-state index contributed by atoms with van der Waals surface area (Å²) in [5.41, 5.74) is 3.78. The molecule has 0 unspecified atom stereocenters. The number of fused-ring (bicyclic) bond motifs is 9. The van der Waals surface area contributed by atoms with Gasteiger partial charge in [0.05, 0.1) is 0 Å². The van der Waals surface area contributed by atoms with Crippen LogP contribution in [0.15, 0.2) is 97.3 Å². The average Bonchev–Trinajstić information content (AvgIpc) is 3.45. The van der Waals surface area contributed by atoms with Gasteiger partial charge in [-0.25, -0.2) is 0 Å². The zero-order valence-electron chi connectivity index (χ0n) is 19.0. The van der Waals surface area contributed by atoms with Crippen LogP contribution in [0.1, 0.15) is 5.56 Å². The zero-order valence-corrected chi connectivity index (χ0v) is 20.6. The van der Waals surface area contributed by atoms with Gasteiger partial charge in [0.15, 0.2) is 0 Å². The summed E-state index contributed by atoms with van der Waals surface area (Å²) in [5.74, 6) is 0. The molecule has 0 saturated carbocycles. The Morgan fingerprint density at radius 1 is 0.543 bits per heavy atom. The first-order valence-electron chi connectivity index (χ1n) is 11.8. The molecule has 0 spiro atoms. The van der Waals surface area contributed by atoms with E-state index < -0.39 is 0 Å². The second-order valence-electron chi connectivity index (χ2n) is 9.25. The van der Waals surface area contributed by atoms with E-state index in [9.17, 15) is 0 Å². The molecule has 3 heterocycles. The highest BCUT2D eigenvalue weighted by atomic mass is 32.1. The largest absolute Gasteiger partial charge is 0.264 e. The van der Waals surface area contributed by atoms with Gasteiger partial charge in [0.1, 0.15) is 0 Å². The minimum atomic E-state index is 1.22. The lowest BCUT2D eigenvalue weighted by Crippen LogP contribution is -1.89. The van der Waals surface area contributed by atoms with E-state index in [0.717, 1.165) is 0 Å². The number of pyridine rings is 1. The van der Waals surface area contributed by atoms with Crippen molar-refractivity contribution in [3.8, 4) is 11.1 Å². The van der Waals surface area contributed by atoms with Crippen molar-refractivity contribution in [3.63, 3.8) is 0 Å². The molecule has 3 heteroatoms. The van der Waals surface area contributed by atoms with E-state index in [4.69, 9.17) is 0 Å².